The number of ether oxygens (including phenoxy) is 2. The third-order valence-electron chi connectivity index (χ3n) is 3.90. The first kappa shape index (κ1) is 22.3. The summed E-state index contributed by atoms with van der Waals surface area (Å²) in [4.78, 5) is 23.7. The van der Waals surface area contributed by atoms with Gasteiger partial charge in [0, 0.05) is 18.7 Å². The fraction of sp³-hybridized carbons (Fsp3) is 0.391. The van der Waals surface area contributed by atoms with Crippen molar-refractivity contribution in [3.8, 4) is 11.5 Å². The van der Waals surface area contributed by atoms with Crippen molar-refractivity contribution in [2.24, 2.45) is 0 Å². The maximum atomic E-state index is 12.2. The van der Waals surface area contributed by atoms with Gasteiger partial charge in [-0.15, -0.1) is 0 Å². The molecule has 6 nitrogen and oxygen atoms in total. The molecule has 2 amide bonds. The summed E-state index contributed by atoms with van der Waals surface area (Å²) in [6.07, 6.45) is 2.18. The van der Waals surface area contributed by atoms with Crippen LogP contribution in [0, 0.1) is 0 Å². The normalized spacial score (nSPS) is 10.9. The quantitative estimate of drug-likeness (QED) is 0.589. The third-order valence-corrected chi connectivity index (χ3v) is 3.90. The number of hydrogen-bond donors (Lipinski definition) is 2. The zero-order valence-electron chi connectivity index (χ0n) is 17.4. The Balaban J connectivity index is 1.60. The monoisotopic (exact) mass is 398 g/mol. The van der Waals surface area contributed by atoms with E-state index in [-0.39, 0.29) is 5.91 Å². The standard InChI is InChI=1S/C23H30N2O4/c1-23(2,3)29-22(27)25-17-9-5-8-16-24-21(26)18-12-14-20(15-13-18)28-19-10-6-4-7-11-19/h4,6-7,10-15H,5,8-9,16-17H2,1-3H3,(H,24,26)(H,25,27). The predicted molar refractivity (Wildman–Crippen MR) is 113 cm³/mol. The van der Waals surface area contributed by atoms with Crippen LogP contribution >= 0.6 is 0 Å². The molecular formula is C23H30N2O4. The van der Waals surface area contributed by atoms with E-state index in [4.69, 9.17) is 9.47 Å². The van der Waals surface area contributed by atoms with E-state index < -0.39 is 11.7 Å². The summed E-state index contributed by atoms with van der Waals surface area (Å²) in [5.41, 5.74) is 0.109. The van der Waals surface area contributed by atoms with Crippen molar-refractivity contribution in [2.45, 2.75) is 45.6 Å². The number of alkyl carbamates (subject to hydrolysis) is 1. The molecule has 29 heavy (non-hydrogen) atoms. The topological polar surface area (TPSA) is 76.7 Å². The molecule has 6 heteroatoms. The molecule has 156 valence electrons. The van der Waals surface area contributed by atoms with Crippen LogP contribution in [0.1, 0.15) is 50.4 Å². The van der Waals surface area contributed by atoms with E-state index in [1.807, 2.05) is 51.1 Å². The molecule has 0 aromatic heterocycles. The van der Waals surface area contributed by atoms with Crippen LogP contribution in [-0.4, -0.2) is 30.7 Å². The molecule has 0 unspecified atom stereocenters. The van der Waals surface area contributed by atoms with Crippen molar-refractivity contribution in [1.82, 2.24) is 10.6 Å². The Labute approximate surface area is 172 Å². The van der Waals surface area contributed by atoms with Crippen molar-refractivity contribution >= 4 is 12.0 Å². The second kappa shape index (κ2) is 11.1. The Hall–Kier alpha value is -3.02. The van der Waals surface area contributed by atoms with Gasteiger partial charge >= 0.3 is 6.09 Å². The van der Waals surface area contributed by atoms with Gasteiger partial charge in [0.05, 0.1) is 0 Å². The van der Waals surface area contributed by atoms with Crippen LogP contribution in [0.5, 0.6) is 11.5 Å². The van der Waals surface area contributed by atoms with Crippen LogP contribution in [0.25, 0.3) is 0 Å². The van der Waals surface area contributed by atoms with Gasteiger partial charge in [-0.3, -0.25) is 4.79 Å². The molecule has 0 saturated heterocycles. The Morgan fingerprint density at radius 3 is 2.00 bits per heavy atom. The SMILES string of the molecule is CC(C)(C)OC(=O)NCCCCCNC(=O)c1ccc(Oc2ccccc2)cc1. The minimum absolute atomic E-state index is 0.108. The highest BCUT2D eigenvalue weighted by Crippen LogP contribution is 2.21. The fourth-order valence-electron chi connectivity index (χ4n) is 2.53. The van der Waals surface area contributed by atoms with Crippen molar-refractivity contribution in [3.63, 3.8) is 0 Å². The van der Waals surface area contributed by atoms with Crippen molar-refractivity contribution in [2.75, 3.05) is 13.1 Å². The van der Waals surface area contributed by atoms with Crippen LogP contribution in [0.4, 0.5) is 4.79 Å². The fourth-order valence-corrected chi connectivity index (χ4v) is 2.53. The molecule has 0 saturated carbocycles. The molecule has 0 heterocycles. The lowest BCUT2D eigenvalue weighted by Gasteiger charge is -2.19. The van der Waals surface area contributed by atoms with E-state index in [1.54, 1.807) is 24.3 Å². The number of unbranched alkanes of at least 4 members (excludes halogenated alkanes) is 2. The number of nitrogens with one attached hydrogen (secondary N) is 2. The van der Waals surface area contributed by atoms with Gasteiger partial charge in [0.1, 0.15) is 17.1 Å². The maximum absolute atomic E-state index is 12.2. The number of carbonyl (C=O) groups excluding carboxylic acids is 2. The van der Waals surface area contributed by atoms with E-state index in [2.05, 4.69) is 10.6 Å². The highest BCUT2D eigenvalue weighted by molar-refractivity contribution is 5.94. The highest BCUT2D eigenvalue weighted by Gasteiger charge is 2.15. The van der Waals surface area contributed by atoms with E-state index in [1.165, 1.54) is 0 Å². The third kappa shape index (κ3) is 9.14. The molecule has 0 aliphatic heterocycles. The molecule has 0 radical (unpaired) electrons. The van der Waals surface area contributed by atoms with Crippen LogP contribution < -0.4 is 15.4 Å². The molecule has 2 N–H and O–H groups in total. The van der Waals surface area contributed by atoms with Gasteiger partial charge in [0.25, 0.3) is 5.91 Å². The molecule has 0 aliphatic rings. The van der Waals surface area contributed by atoms with Gasteiger partial charge in [-0.1, -0.05) is 18.2 Å². The summed E-state index contributed by atoms with van der Waals surface area (Å²) in [6, 6.07) is 16.6. The Bertz CT molecular complexity index is 768. The van der Waals surface area contributed by atoms with E-state index in [9.17, 15) is 9.59 Å². The summed E-state index contributed by atoms with van der Waals surface area (Å²) >= 11 is 0. The average molecular weight is 399 g/mol. The minimum Gasteiger partial charge on any atom is -0.457 e. The van der Waals surface area contributed by atoms with Crippen molar-refractivity contribution in [1.29, 1.82) is 0 Å². The number of benzene rings is 2. The van der Waals surface area contributed by atoms with Gasteiger partial charge in [0.2, 0.25) is 0 Å². The molecule has 0 atom stereocenters. The smallest absolute Gasteiger partial charge is 0.407 e. The van der Waals surface area contributed by atoms with Gasteiger partial charge in [-0.05, 0) is 76.4 Å². The average Bonchev–Trinajstić information content (AvgIpc) is 2.67. The van der Waals surface area contributed by atoms with Crippen LogP contribution in [0.15, 0.2) is 54.6 Å². The second-order valence-electron chi connectivity index (χ2n) is 7.68. The van der Waals surface area contributed by atoms with Crippen molar-refractivity contribution < 1.29 is 19.1 Å². The first-order valence-corrected chi connectivity index (χ1v) is 9.91. The lowest BCUT2D eigenvalue weighted by Crippen LogP contribution is -2.33. The molecule has 0 aliphatic carbocycles. The summed E-state index contributed by atoms with van der Waals surface area (Å²) in [5.74, 6) is 1.33. The molecule has 2 rings (SSSR count). The number of hydrogen-bond acceptors (Lipinski definition) is 4. The van der Waals surface area contributed by atoms with Gasteiger partial charge < -0.3 is 20.1 Å². The van der Waals surface area contributed by atoms with Crippen LogP contribution in [-0.2, 0) is 4.74 Å². The van der Waals surface area contributed by atoms with E-state index in [0.717, 1.165) is 25.0 Å². The maximum Gasteiger partial charge on any atom is 0.407 e. The largest absolute Gasteiger partial charge is 0.457 e. The van der Waals surface area contributed by atoms with Gasteiger partial charge in [-0.2, -0.15) is 0 Å². The molecule has 0 spiro atoms. The Kier molecular flexibility index (Phi) is 8.52. The lowest BCUT2D eigenvalue weighted by atomic mass is 10.2. The zero-order chi connectivity index (χ0) is 21.1. The zero-order valence-corrected chi connectivity index (χ0v) is 17.4. The Morgan fingerprint density at radius 2 is 1.38 bits per heavy atom. The lowest BCUT2D eigenvalue weighted by molar-refractivity contribution is 0.0527. The van der Waals surface area contributed by atoms with Crippen LogP contribution in [0.3, 0.4) is 0 Å². The predicted octanol–water partition coefficient (Wildman–Crippen LogP) is 4.90. The first-order chi connectivity index (χ1) is 13.8. The first-order valence-electron chi connectivity index (χ1n) is 9.91. The summed E-state index contributed by atoms with van der Waals surface area (Å²) in [7, 11) is 0. The Morgan fingerprint density at radius 1 is 0.793 bits per heavy atom. The summed E-state index contributed by atoms with van der Waals surface area (Å²) in [5, 5.41) is 5.63. The molecule has 0 fully saturated rings. The van der Waals surface area contributed by atoms with Gasteiger partial charge in [-0.25, -0.2) is 4.79 Å². The van der Waals surface area contributed by atoms with E-state index >= 15 is 0 Å². The van der Waals surface area contributed by atoms with Gasteiger partial charge in [0.15, 0.2) is 0 Å². The molecule has 0 bridgehead atoms. The number of para-hydroxylation sites is 1. The summed E-state index contributed by atoms with van der Waals surface area (Å²) in [6.45, 7) is 6.65. The molecular weight excluding hydrogens is 368 g/mol. The number of rotatable bonds is 9. The van der Waals surface area contributed by atoms with E-state index in [0.29, 0.717) is 24.4 Å². The number of carbonyl (C=O) groups is 2. The van der Waals surface area contributed by atoms with Crippen LogP contribution in [0.2, 0.25) is 0 Å². The van der Waals surface area contributed by atoms with Crippen molar-refractivity contribution in [3.05, 3.63) is 60.2 Å². The molecule has 2 aromatic carbocycles. The number of amides is 2. The second-order valence-corrected chi connectivity index (χ2v) is 7.68. The highest BCUT2D eigenvalue weighted by atomic mass is 16.6. The summed E-state index contributed by atoms with van der Waals surface area (Å²) < 4.78 is 10.9. The molecule has 2 aromatic rings. The minimum atomic E-state index is -0.486.